The molecule has 0 saturated carbocycles. The molecule has 0 radical (unpaired) electrons. The Labute approximate surface area is 126 Å². The van der Waals surface area contributed by atoms with Crippen molar-refractivity contribution < 1.29 is 4.79 Å². The summed E-state index contributed by atoms with van der Waals surface area (Å²) in [5.74, 6) is 0.0572. The van der Waals surface area contributed by atoms with E-state index in [-0.39, 0.29) is 11.9 Å². The average Bonchev–Trinajstić information content (AvgIpc) is 2.86. The fourth-order valence-corrected chi connectivity index (χ4v) is 3.22. The Balaban J connectivity index is 2.21. The van der Waals surface area contributed by atoms with Crippen LogP contribution in [0.5, 0.6) is 0 Å². The van der Waals surface area contributed by atoms with E-state index in [0.29, 0.717) is 11.4 Å². The minimum Gasteiger partial charge on any atom is -0.334 e. The number of carbonyl (C=O) groups excluding carboxylic acids is 1. The van der Waals surface area contributed by atoms with Gasteiger partial charge in [0.15, 0.2) is 0 Å². The molecule has 0 aromatic heterocycles. The number of carbonyl (C=O) groups is 1. The van der Waals surface area contributed by atoms with Gasteiger partial charge in [0.2, 0.25) is 5.91 Å². The van der Waals surface area contributed by atoms with Gasteiger partial charge in [-0.2, -0.15) is 0 Å². The van der Waals surface area contributed by atoms with Crippen LogP contribution in [-0.4, -0.2) is 22.9 Å². The van der Waals surface area contributed by atoms with Crippen molar-refractivity contribution >= 4 is 17.5 Å². The molecule has 2 unspecified atom stereocenters. The summed E-state index contributed by atoms with van der Waals surface area (Å²) in [6.45, 7) is 4.68. The zero-order valence-corrected chi connectivity index (χ0v) is 13.0. The van der Waals surface area contributed by atoms with Gasteiger partial charge < -0.3 is 10.6 Å². The maximum atomic E-state index is 12.7. The number of hydrogen-bond acceptors (Lipinski definition) is 2. The summed E-state index contributed by atoms with van der Waals surface area (Å²) >= 11 is 6.06. The first kappa shape index (κ1) is 15.3. The van der Waals surface area contributed by atoms with Crippen molar-refractivity contribution in [1.29, 1.82) is 0 Å². The highest BCUT2D eigenvalue weighted by atomic mass is 35.5. The van der Waals surface area contributed by atoms with E-state index in [1.807, 2.05) is 36.1 Å². The molecule has 20 heavy (non-hydrogen) atoms. The van der Waals surface area contributed by atoms with Crippen LogP contribution in [0.4, 0.5) is 0 Å². The number of likely N-dealkylation sites (tertiary alicyclic amines) is 1. The number of benzene rings is 1. The van der Waals surface area contributed by atoms with Crippen LogP contribution in [0.3, 0.4) is 0 Å². The standard InChI is InChI=1S/C16H23ClN2O/c1-3-9-16(2,18)15(20)19-10-5-8-14(19)12-6-4-7-13(17)11-12/h4,6-7,11,14H,3,5,8-10,18H2,1-2H3. The highest BCUT2D eigenvalue weighted by molar-refractivity contribution is 6.30. The van der Waals surface area contributed by atoms with E-state index in [1.165, 1.54) is 0 Å². The van der Waals surface area contributed by atoms with E-state index < -0.39 is 5.54 Å². The molecule has 1 heterocycles. The summed E-state index contributed by atoms with van der Waals surface area (Å²) in [6.07, 6.45) is 3.62. The Morgan fingerprint density at radius 2 is 2.30 bits per heavy atom. The van der Waals surface area contributed by atoms with E-state index in [0.717, 1.165) is 31.4 Å². The molecular weight excluding hydrogens is 272 g/mol. The molecule has 1 aromatic rings. The minimum absolute atomic E-state index is 0.0572. The lowest BCUT2D eigenvalue weighted by Gasteiger charge is -2.33. The van der Waals surface area contributed by atoms with Crippen molar-refractivity contribution in [3.8, 4) is 0 Å². The molecule has 1 aliphatic heterocycles. The van der Waals surface area contributed by atoms with Crippen molar-refractivity contribution in [2.45, 2.75) is 51.1 Å². The quantitative estimate of drug-likeness (QED) is 0.923. The van der Waals surface area contributed by atoms with Gasteiger partial charge in [0.05, 0.1) is 11.6 Å². The first-order valence-electron chi connectivity index (χ1n) is 7.31. The van der Waals surface area contributed by atoms with E-state index in [1.54, 1.807) is 0 Å². The van der Waals surface area contributed by atoms with Gasteiger partial charge in [-0.1, -0.05) is 37.1 Å². The molecule has 0 bridgehead atoms. The van der Waals surface area contributed by atoms with E-state index >= 15 is 0 Å². The molecule has 3 nitrogen and oxygen atoms in total. The molecule has 2 N–H and O–H groups in total. The van der Waals surface area contributed by atoms with Crippen molar-refractivity contribution in [3.63, 3.8) is 0 Å². The summed E-state index contributed by atoms with van der Waals surface area (Å²) in [5, 5.41) is 0.714. The van der Waals surface area contributed by atoms with Gasteiger partial charge in [0.25, 0.3) is 0 Å². The van der Waals surface area contributed by atoms with Crippen molar-refractivity contribution in [2.24, 2.45) is 5.73 Å². The van der Waals surface area contributed by atoms with Gasteiger partial charge >= 0.3 is 0 Å². The van der Waals surface area contributed by atoms with Crippen LogP contribution in [-0.2, 0) is 4.79 Å². The van der Waals surface area contributed by atoms with Crippen molar-refractivity contribution in [2.75, 3.05) is 6.54 Å². The zero-order valence-electron chi connectivity index (χ0n) is 12.2. The predicted octanol–water partition coefficient (Wildman–Crippen LogP) is 3.52. The summed E-state index contributed by atoms with van der Waals surface area (Å²) < 4.78 is 0. The van der Waals surface area contributed by atoms with Gasteiger partial charge in [-0.3, -0.25) is 4.79 Å². The maximum Gasteiger partial charge on any atom is 0.242 e. The zero-order chi connectivity index (χ0) is 14.8. The van der Waals surface area contributed by atoms with Crippen molar-refractivity contribution in [3.05, 3.63) is 34.9 Å². The second-order valence-electron chi connectivity index (χ2n) is 5.88. The summed E-state index contributed by atoms with van der Waals surface area (Å²) in [5.41, 5.74) is 6.54. The third kappa shape index (κ3) is 3.15. The van der Waals surface area contributed by atoms with Crippen LogP contribution in [0.2, 0.25) is 5.02 Å². The molecule has 1 aliphatic rings. The lowest BCUT2D eigenvalue weighted by atomic mass is 9.94. The van der Waals surface area contributed by atoms with Crippen molar-refractivity contribution in [1.82, 2.24) is 4.90 Å². The number of rotatable bonds is 4. The summed E-state index contributed by atoms with van der Waals surface area (Å²) in [6, 6.07) is 7.89. The smallest absolute Gasteiger partial charge is 0.242 e. The first-order chi connectivity index (χ1) is 9.45. The van der Waals surface area contributed by atoms with Crippen LogP contribution in [0, 0.1) is 0 Å². The van der Waals surface area contributed by atoms with E-state index in [2.05, 4.69) is 6.92 Å². The van der Waals surface area contributed by atoms with Gasteiger partial charge in [0.1, 0.15) is 0 Å². The molecule has 2 atom stereocenters. The summed E-state index contributed by atoms with van der Waals surface area (Å²) in [7, 11) is 0. The second-order valence-corrected chi connectivity index (χ2v) is 6.32. The van der Waals surface area contributed by atoms with Gasteiger partial charge in [-0.15, -0.1) is 0 Å². The molecule has 0 aliphatic carbocycles. The van der Waals surface area contributed by atoms with Gasteiger partial charge in [0, 0.05) is 11.6 Å². The largest absolute Gasteiger partial charge is 0.334 e. The Morgan fingerprint density at radius 3 is 2.95 bits per heavy atom. The van der Waals surface area contributed by atoms with E-state index in [4.69, 9.17) is 17.3 Å². The van der Waals surface area contributed by atoms with Crippen LogP contribution >= 0.6 is 11.6 Å². The number of nitrogens with two attached hydrogens (primary N) is 1. The number of amides is 1. The normalized spacial score (nSPS) is 21.8. The average molecular weight is 295 g/mol. The highest BCUT2D eigenvalue weighted by Gasteiger charge is 2.38. The van der Waals surface area contributed by atoms with Crippen LogP contribution in [0.25, 0.3) is 0 Å². The number of halogens is 1. The van der Waals surface area contributed by atoms with Crippen LogP contribution < -0.4 is 5.73 Å². The predicted molar refractivity (Wildman–Crippen MR) is 82.6 cm³/mol. The Bertz CT molecular complexity index is 487. The second kappa shape index (κ2) is 6.15. The monoisotopic (exact) mass is 294 g/mol. The third-order valence-corrected chi connectivity index (χ3v) is 4.24. The fraction of sp³-hybridized carbons (Fsp3) is 0.562. The molecule has 4 heteroatoms. The lowest BCUT2D eigenvalue weighted by Crippen LogP contribution is -2.52. The lowest BCUT2D eigenvalue weighted by molar-refractivity contribution is -0.137. The third-order valence-electron chi connectivity index (χ3n) is 4.01. The molecular formula is C16H23ClN2O. The Kier molecular flexibility index (Phi) is 4.71. The molecule has 1 amide bonds. The van der Waals surface area contributed by atoms with Gasteiger partial charge in [-0.05, 0) is 43.9 Å². The van der Waals surface area contributed by atoms with Gasteiger partial charge in [-0.25, -0.2) is 0 Å². The van der Waals surface area contributed by atoms with E-state index in [9.17, 15) is 4.79 Å². The minimum atomic E-state index is -0.768. The van der Waals surface area contributed by atoms with Crippen LogP contribution in [0.1, 0.15) is 51.1 Å². The molecule has 0 spiro atoms. The molecule has 1 fully saturated rings. The number of nitrogens with zero attached hydrogens (tertiary/aromatic N) is 1. The molecule has 1 saturated heterocycles. The molecule has 1 aromatic carbocycles. The molecule has 2 rings (SSSR count). The summed E-state index contributed by atoms with van der Waals surface area (Å²) in [4.78, 5) is 14.6. The number of hydrogen-bond donors (Lipinski definition) is 1. The van der Waals surface area contributed by atoms with Crippen LogP contribution in [0.15, 0.2) is 24.3 Å². The Morgan fingerprint density at radius 1 is 1.55 bits per heavy atom. The maximum absolute atomic E-state index is 12.7. The fourth-order valence-electron chi connectivity index (χ4n) is 3.02. The first-order valence-corrected chi connectivity index (χ1v) is 7.69. The highest BCUT2D eigenvalue weighted by Crippen LogP contribution is 2.34. The molecule has 110 valence electrons. The topological polar surface area (TPSA) is 46.3 Å². The Hall–Kier alpha value is -1.06. The SMILES string of the molecule is CCCC(C)(N)C(=O)N1CCCC1c1cccc(Cl)c1.